The zero-order valence-electron chi connectivity index (χ0n) is 8.29. The molecular weight excluding hydrogens is 210 g/mol. The van der Waals surface area contributed by atoms with E-state index in [-0.39, 0.29) is 0 Å². The summed E-state index contributed by atoms with van der Waals surface area (Å²) in [5.41, 5.74) is 0. The normalized spacial score (nSPS) is 21.3. The maximum absolute atomic E-state index is 5.93. The molecule has 1 N–H and O–H groups in total. The summed E-state index contributed by atoms with van der Waals surface area (Å²) in [7, 11) is 0. The molecule has 3 heteroatoms. The van der Waals surface area contributed by atoms with Crippen LogP contribution in [0.25, 0.3) is 10.8 Å². The molecule has 1 saturated heterocycles. The summed E-state index contributed by atoms with van der Waals surface area (Å²) >= 11 is 5.93. The zero-order valence-corrected chi connectivity index (χ0v) is 9.05. The number of hydrogen-bond donors (Lipinski definition) is 1. The minimum absolute atomic E-state index is 0.517. The van der Waals surface area contributed by atoms with Crippen LogP contribution in [0.3, 0.4) is 0 Å². The summed E-state index contributed by atoms with van der Waals surface area (Å²) < 4.78 is 5.66. The molecule has 0 radical (unpaired) electrons. The molecule has 1 atom stereocenters. The Hall–Kier alpha value is -0.990. The Labute approximate surface area is 93.2 Å². The molecule has 15 heavy (non-hydrogen) atoms. The van der Waals surface area contributed by atoms with E-state index < -0.39 is 0 Å². The van der Waals surface area contributed by atoms with E-state index in [1.54, 1.807) is 6.26 Å². The fraction of sp³-hybridized carbons (Fsp3) is 0.333. The van der Waals surface area contributed by atoms with Crippen LogP contribution in [-0.4, -0.2) is 13.1 Å². The van der Waals surface area contributed by atoms with Gasteiger partial charge in [0.25, 0.3) is 0 Å². The van der Waals surface area contributed by atoms with E-state index in [1.165, 1.54) is 5.39 Å². The molecule has 2 nitrogen and oxygen atoms in total. The Balaban J connectivity index is 2.11. The first kappa shape index (κ1) is 9.25. The molecule has 1 aliphatic heterocycles. The van der Waals surface area contributed by atoms with Crippen molar-refractivity contribution in [3.05, 3.63) is 35.2 Å². The lowest BCUT2D eigenvalue weighted by Crippen LogP contribution is -2.07. The molecule has 0 aliphatic carbocycles. The van der Waals surface area contributed by atoms with Crippen molar-refractivity contribution in [1.29, 1.82) is 0 Å². The molecule has 1 aromatic carbocycles. The van der Waals surface area contributed by atoms with Crippen molar-refractivity contribution in [1.82, 2.24) is 5.32 Å². The summed E-state index contributed by atoms with van der Waals surface area (Å²) in [6.45, 7) is 2.10. The summed E-state index contributed by atoms with van der Waals surface area (Å²) in [5.74, 6) is 1.62. The number of furan rings is 1. The number of rotatable bonds is 1. The van der Waals surface area contributed by atoms with Crippen LogP contribution >= 0.6 is 11.6 Å². The Morgan fingerprint density at radius 2 is 2.33 bits per heavy atom. The van der Waals surface area contributed by atoms with Crippen LogP contribution in [0.2, 0.25) is 5.02 Å². The van der Waals surface area contributed by atoms with E-state index >= 15 is 0 Å². The smallest absolute Gasteiger partial charge is 0.116 e. The molecule has 1 aromatic heterocycles. The van der Waals surface area contributed by atoms with Gasteiger partial charge < -0.3 is 9.73 Å². The third-order valence-electron chi connectivity index (χ3n) is 3.02. The van der Waals surface area contributed by atoms with Crippen molar-refractivity contribution in [3.8, 4) is 0 Å². The van der Waals surface area contributed by atoms with Crippen LogP contribution in [0.1, 0.15) is 18.1 Å². The van der Waals surface area contributed by atoms with Crippen LogP contribution in [0.5, 0.6) is 0 Å². The molecule has 1 unspecified atom stereocenters. The zero-order chi connectivity index (χ0) is 10.3. The highest BCUT2D eigenvalue weighted by Gasteiger charge is 2.21. The molecule has 78 valence electrons. The standard InChI is InChI=1S/C12H12ClNO/c13-10-1-2-11-9(5-10)7-15-12(11)8-3-4-14-6-8/h1-2,5,7-8,14H,3-4,6H2. The van der Waals surface area contributed by atoms with Crippen molar-refractivity contribution < 1.29 is 4.42 Å². The number of hydrogen-bond acceptors (Lipinski definition) is 2. The van der Waals surface area contributed by atoms with E-state index in [0.717, 1.165) is 35.7 Å². The average molecular weight is 222 g/mol. The summed E-state index contributed by atoms with van der Waals surface area (Å²) in [4.78, 5) is 0. The highest BCUT2D eigenvalue weighted by Crippen LogP contribution is 2.32. The summed E-state index contributed by atoms with van der Waals surface area (Å²) in [6, 6.07) is 5.92. The first-order chi connectivity index (χ1) is 7.34. The van der Waals surface area contributed by atoms with Crippen molar-refractivity contribution in [3.63, 3.8) is 0 Å². The van der Waals surface area contributed by atoms with E-state index in [9.17, 15) is 0 Å². The molecule has 0 bridgehead atoms. The topological polar surface area (TPSA) is 25.2 Å². The fourth-order valence-electron chi connectivity index (χ4n) is 2.24. The lowest BCUT2D eigenvalue weighted by atomic mass is 10.0. The van der Waals surface area contributed by atoms with E-state index in [2.05, 4.69) is 11.4 Å². The van der Waals surface area contributed by atoms with E-state index in [4.69, 9.17) is 16.0 Å². The van der Waals surface area contributed by atoms with Gasteiger partial charge in [-0.2, -0.15) is 0 Å². The van der Waals surface area contributed by atoms with Gasteiger partial charge in [-0.3, -0.25) is 0 Å². The summed E-state index contributed by atoms with van der Waals surface area (Å²) in [6.07, 6.45) is 2.96. The van der Waals surface area contributed by atoms with Gasteiger partial charge in [-0.15, -0.1) is 0 Å². The second kappa shape index (κ2) is 3.54. The minimum atomic E-state index is 0.517. The van der Waals surface area contributed by atoms with Gasteiger partial charge in [0.2, 0.25) is 0 Å². The predicted octanol–water partition coefficient (Wildman–Crippen LogP) is 3.16. The highest BCUT2D eigenvalue weighted by molar-refractivity contribution is 6.31. The monoisotopic (exact) mass is 221 g/mol. The minimum Gasteiger partial charge on any atom is -0.468 e. The second-order valence-corrected chi connectivity index (χ2v) is 4.46. The average Bonchev–Trinajstić information content (AvgIpc) is 2.82. The molecule has 3 rings (SSSR count). The number of benzene rings is 1. The predicted molar refractivity (Wildman–Crippen MR) is 61.5 cm³/mol. The maximum Gasteiger partial charge on any atom is 0.116 e. The largest absolute Gasteiger partial charge is 0.468 e. The van der Waals surface area contributed by atoms with Gasteiger partial charge in [0.1, 0.15) is 5.76 Å². The SMILES string of the molecule is Clc1ccc2c(C3CCNC3)occ2c1. The second-order valence-electron chi connectivity index (χ2n) is 4.02. The molecule has 1 fully saturated rings. The van der Waals surface area contributed by atoms with Crippen LogP contribution in [-0.2, 0) is 0 Å². The van der Waals surface area contributed by atoms with Crippen molar-refractivity contribution in [2.45, 2.75) is 12.3 Å². The van der Waals surface area contributed by atoms with E-state index in [0.29, 0.717) is 5.92 Å². The first-order valence-electron chi connectivity index (χ1n) is 5.22. The Morgan fingerprint density at radius 3 is 3.13 bits per heavy atom. The van der Waals surface area contributed by atoms with Crippen LogP contribution < -0.4 is 5.32 Å². The third kappa shape index (κ3) is 1.54. The van der Waals surface area contributed by atoms with Crippen LogP contribution in [0.15, 0.2) is 28.9 Å². The Morgan fingerprint density at radius 1 is 1.40 bits per heavy atom. The molecule has 2 heterocycles. The molecule has 0 saturated carbocycles. The fourth-order valence-corrected chi connectivity index (χ4v) is 2.42. The van der Waals surface area contributed by atoms with Gasteiger partial charge in [-0.25, -0.2) is 0 Å². The third-order valence-corrected chi connectivity index (χ3v) is 3.26. The van der Waals surface area contributed by atoms with Gasteiger partial charge in [-0.05, 0) is 31.2 Å². The molecule has 0 spiro atoms. The molecule has 2 aromatic rings. The van der Waals surface area contributed by atoms with Gasteiger partial charge >= 0.3 is 0 Å². The molecule has 0 amide bonds. The maximum atomic E-state index is 5.93. The van der Waals surface area contributed by atoms with Crippen LogP contribution in [0.4, 0.5) is 0 Å². The van der Waals surface area contributed by atoms with Crippen molar-refractivity contribution >= 4 is 22.4 Å². The Bertz CT molecular complexity index is 485. The van der Waals surface area contributed by atoms with Gasteiger partial charge in [0, 0.05) is 28.3 Å². The van der Waals surface area contributed by atoms with Crippen molar-refractivity contribution in [2.24, 2.45) is 0 Å². The van der Waals surface area contributed by atoms with Crippen molar-refractivity contribution in [2.75, 3.05) is 13.1 Å². The highest BCUT2D eigenvalue weighted by atomic mass is 35.5. The van der Waals surface area contributed by atoms with Crippen LogP contribution in [0, 0.1) is 0 Å². The number of halogens is 1. The van der Waals surface area contributed by atoms with E-state index in [1.807, 2.05) is 12.1 Å². The number of nitrogens with one attached hydrogen (secondary N) is 1. The van der Waals surface area contributed by atoms with Gasteiger partial charge in [-0.1, -0.05) is 11.6 Å². The molecular formula is C12H12ClNO. The van der Waals surface area contributed by atoms with Gasteiger partial charge in [0.05, 0.1) is 6.26 Å². The molecule has 1 aliphatic rings. The lowest BCUT2D eigenvalue weighted by molar-refractivity contribution is 0.479. The Kier molecular flexibility index (Phi) is 2.19. The summed E-state index contributed by atoms with van der Waals surface area (Å²) in [5, 5.41) is 6.42. The first-order valence-corrected chi connectivity index (χ1v) is 5.60. The lowest BCUT2D eigenvalue weighted by Gasteiger charge is -2.04. The quantitative estimate of drug-likeness (QED) is 0.800. The number of fused-ring (bicyclic) bond motifs is 1. The van der Waals surface area contributed by atoms with Gasteiger partial charge in [0.15, 0.2) is 0 Å².